The van der Waals surface area contributed by atoms with Gasteiger partial charge in [0.2, 0.25) is 0 Å². The smallest absolute Gasteiger partial charge is 0.320 e. The fraction of sp³-hybridized carbons (Fsp3) is 0.462. The van der Waals surface area contributed by atoms with Crippen LogP contribution >= 0.6 is 23.2 Å². The quantitative estimate of drug-likeness (QED) is 0.901. The molecule has 0 saturated carbocycles. The minimum Gasteiger partial charge on any atom is -0.496 e. The molecule has 19 heavy (non-hydrogen) atoms. The maximum Gasteiger partial charge on any atom is 0.320 e. The molecule has 0 amide bonds. The van der Waals surface area contributed by atoms with Crippen LogP contribution in [0, 0.1) is 0 Å². The fourth-order valence-corrected chi connectivity index (χ4v) is 2.95. The van der Waals surface area contributed by atoms with Crippen molar-refractivity contribution < 1.29 is 14.6 Å². The summed E-state index contributed by atoms with van der Waals surface area (Å²) in [6, 6.07) is 2.89. The standard InChI is InChI=1S/C13H15Cl2NO3/c1-19-10-3-2-8(14)12(15)11(10)7-4-5-16-9(6-7)13(17)18/h2-3,7,9,16H,4-6H2,1H3,(H,17,18)/t7-,9+/m1/s1. The molecule has 104 valence electrons. The molecule has 0 spiro atoms. The summed E-state index contributed by atoms with van der Waals surface area (Å²) in [6.07, 6.45) is 1.28. The summed E-state index contributed by atoms with van der Waals surface area (Å²) >= 11 is 12.3. The van der Waals surface area contributed by atoms with Gasteiger partial charge in [-0.3, -0.25) is 4.79 Å². The molecule has 1 aliphatic rings. The SMILES string of the molecule is COc1ccc(Cl)c(Cl)c1[C@@H]1CCN[C@H](C(=O)O)C1. The van der Waals surface area contributed by atoms with Gasteiger partial charge in [-0.15, -0.1) is 0 Å². The second-order valence-electron chi connectivity index (χ2n) is 4.54. The fourth-order valence-electron chi connectivity index (χ4n) is 2.47. The Hall–Kier alpha value is -0.970. The number of aliphatic carboxylic acids is 1. The zero-order valence-electron chi connectivity index (χ0n) is 10.5. The van der Waals surface area contributed by atoms with Crippen molar-refractivity contribution in [2.45, 2.75) is 24.8 Å². The van der Waals surface area contributed by atoms with Gasteiger partial charge in [-0.05, 0) is 37.4 Å². The van der Waals surface area contributed by atoms with E-state index in [2.05, 4.69) is 5.32 Å². The number of ether oxygens (including phenoxy) is 1. The van der Waals surface area contributed by atoms with Gasteiger partial charge in [0.05, 0.1) is 17.2 Å². The van der Waals surface area contributed by atoms with Crippen molar-refractivity contribution in [3.8, 4) is 5.75 Å². The Morgan fingerprint density at radius 1 is 1.47 bits per heavy atom. The van der Waals surface area contributed by atoms with Gasteiger partial charge in [0.1, 0.15) is 11.8 Å². The van der Waals surface area contributed by atoms with Crippen LogP contribution in [0.15, 0.2) is 12.1 Å². The zero-order chi connectivity index (χ0) is 14.0. The van der Waals surface area contributed by atoms with Crippen LogP contribution in [0.2, 0.25) is 10.0 Å². The van der Waals surface area contributed by atoms with E-state index in [1.165, 1.54) is 0 Å². The lowest BCUT2D eigenvalue weighted by atomic mass is 9.86. The number of benzene rings is 1. The van der Waals surface area contributed by atoms with Gasteiger partial charge in [0.15, 0.2) is 0 Å². The first kappa shape index (κ1) is 14.4. The second kappa shape index (κ2) is 5.99. The van der Waals surface area contributed by atoms with Crippen molar-refractivity contribution in [3.63, 3.8) is 0 Å². The monoisotopic (exact) mass is 303 g/mol. The summed E-state index contributed by atoms with van der Waals surface area (Å²) < 4.78 is 5.32. The predicted octanol–water partition coefficient (Wildman–Crippen LogP) is 2.92. The number of carboxylic acids is 1. The van der Waals surface area contributed by atoms with Crippen LogP contribution in [0.4, 0.5) is 0 Å². The van der Waals surface area contributed by atoms with E-state index in [1.54, 1.807) is 19.2 Å². The van der Waals surface area contributed by atoms with Gasteiger partial charge in [-0.1, -0.05) is 23.2 Å². The molecule has 1 aromatic carbocycles. The molecular formula is C13H15Cl2NO3. The normalized spacial score (nSPS) is 23.1. The Morgan fingerprint density at radius 2 is 2.21 bits per heavy atom. The van der Waals surface area contributed by atoms with E-state index in [4.69, 9.17) is 33.0 Å². The molecule has 1 fully saturated rings. The van der Waals surface area contributed by atoms with Gasteiger partial charge < -0.3 is 15.2 Å². The number of hydrogen-bond donors (Lipinski definition) is 2. The third-order valence-electron chi connectivity index (χ3n) is 3.42. The number of carbonyl (C=O) groups is 1. The number of halogens is 2. The van der Waals surface area contributed by atoms with Crippen molar-refractivity contribution in [1.82, 2.24) is 5.32 Å². The molecule has 6 heteroatoms. The summed E-state index contributed by atoms with van der Waals surface area (Å²) in [5, 5.41) is 13.0. The minimum absolute atomic E-state index is 0.0310. The first-order valence-corrected chi connectivity index (χ1v) is 6.78. The Balaban J connectivity index is 2.35. The number of carboxylic acid groups (broad SMARTS) is 1. The minimum atomic E-state index is -0.846. The number of piperidine rings is 1. The highest BCUT2D eigenvalue weighted by Gasteiger charge is 2.30. The Bertz CT molecular complexity index is 493. The highest BCUT2D eigenvalue weighted by Crippen LogP contribution is 2.42. The molecule has 2 rings (SSSR count). The second-order valence-corrected chi connectivity index (χ2v) is 5.33. The molecule has 1 aromatic rings. The average molecular weight is 304 g/mol. The lowest BCUT2D eigenvalue weighted by molar-refractivity contribution is -0.140. The van der Waals surface area contributed by atoms with Crippen molar-refractivity contribution in [2.75, 3.05) is 13.7 Å². The van der Waals surface area contributed by atoms with Crippen LogP contribution in [-0.4, -0.2) is 30.8 Å². The van der Waals surface area contributed by atoms with E-state index in [-0.39, 0.29) is 5.92 Å². The number of methoxy groups -OCH3 is 1. The van der Waals surface area contributed by atoms with Crippen LogP contribution in [-0.2, 0) is 4.79 Å². The molecule has 0 unspecified atom stereocenters. The van der Waals surface area contributed by atoms with Crippen LogP contribution in [0.3, 0.4) is 0 Å². The predicted molar refractivity (Wildman–Crippen MR) is 74.4 cm³/mol. The largest absolute Gasteiger partial charge is 0.496 e. The molecule has 0 aromatic heterocycles. The molecule has 0 bridgehead atoms. The molecule has 1 heterocycles. The first-order valence-electron chi connectivity index (χ1n) is 6.02. The average Bonchev–Trinajstić information content (AvgIpc) is 2.41. The van der Waals surface area contributed by atoms with E-state index in [1.807, 2.05) is 0 Å². The van der Waals surface area contributed by atoms with E-state index in [9.17, 15) is 4.79 Å². The number of nitrogens with one attached hydrogen (secondary N) is 1. The summed E-state index contributed by atoms with van der Waals surface area (Å²) in [7, 11) is 1.57. The Labute approximate surface area is 121 Å². The number of hydrogen-bond acceptors (Lipinski definition) is 3. The number of rotatable bonds is 3. The van der Waals surface area contributed by atoms with Crippen molar-refractivity contribution in [1.29, 1.82) is 0 Å². The highest BCUT2D eigenvalue weighted by molar-refractivity contribution is 6.42. The Kier molecular flexibility index (Phi) is 4.55. The maximum atomic E-state index is 11.1. The van der Waals surface area contributed by atoms with E-state index in [0.29, 0.717) is 28.8 Å². The maximum absolute atomic E-state index is 11.1. The molecule has 2 N–H and O–H groups in total. The Morgan fingerprint density at radius 3 is 2.84 bits per heavy atom. The molecular weight excluding hydrogens is 289 g/mol. The molecule has 1 aliphatic heterocycles. The highest BCUT2D eigenvalue weighted by atomic mass is 35.5. The van der Waals surface area contributed by atoms with E-state index < -0.39 is 12.0 Å². The van der Waals surface area contributed by atoms with Crippen LogP contribution in [0.5, 0.6) is 5.75 Å². The molecule has 0 aliphatic carbocycles. The van der Waals surface area contributed by atoms with Gasteiger partial charge in [0, 0.05) is 5.56 Å². The topological polar surface area (TPSA) is 58.6 Å². The molecule has 1 saturated heterocycles. The van der Waals surface area contributed by atoms with Gasteiger partial charge >= 0.3 is 5.97 Å². The van der Waals surface area contributed by atoms with E-state index >= 15 is 0 Å². The summed E-state index contributed by atoms with van der Waals surface area (Å²) in [5.41, 5.74) is 0.810. The summed E-state index contributed by atoms with van der Waals surface area (Å²) in [4.78, 5) is 11.1. The molecule has 0 radical (unpaired) electrons. The summed E-state index contributed by atoms with van der Waals surface area (Å²) in [6.45, 7) is 0.633. The molecule has 2 atom stereocenters. The molecule has 4 nitrogen and oxygen atoms in total. The third kappa shape index (κ3) is 2.96. The van der Waals surface area contributed by atoms with Crippen LogP contribution in [0.25, 0.3) is 0 Å². The van der Waals surface area contributed by atoms with Crippen LogP contribution < -0.4 is 10.1 Å². The van der Waals surface area contributed by atoms with Crippen LogP contribution in [0.1, 0.15) is 24.3 Å². The van der Waals surface area contributed by atoms with Crippen molar-refractivity contribution in [3.05, 3.63) is 27.7 Å². The lowest BCUT2D eigenvalue weighted by Crippen LogP contribution is -2.42. The summed E-state index contributed by atoms with van der Waals surface area (Å²) in [5.74, 6) is -0.157. The van der Waals surface area contributed by atoms with E-state index in [0.717, 1.165) is 12.0 Å². The first-order chi connectivity index (χ1) is 9.04. The van der Waals surface area contributed by atoms with Crippen molar-refractivity contribution >= 4 is 29.2 Å². The van der Waals surface area contributed by atoms with Gasteiger partial charge in [-0.25, -0.2) is 0 Å². The van der Waals surface area contributed by atoms with Gasteiger partial charge in [-0.2, -0.15) is 0 Å². The lowest BCUT2D eigenvalue weighted by Gasteiger charge is -2.29. The zero-order valence-corrected chi connectivity index (χ0v) is 12.0. The third-order valence-corrected chi connectivity index (χ3v) is 4.24. The van der Waals surface area contributed by atoms with Crippen molar-refractivity contribution in [2.24, 2.45) is 0 Å². The van der Waals surface area contributed by atoms with Gasteiger partial charge in [0.25, 0.3) is 0 Å².